The van der Waals surface area contributed by atoms with Gasteiger partial charge in [-0.25, -0.2) is 8.42 Å². The molecule has 0 radical (unpaired) electrons. The predicted octanol–water partition coefficient (Wildman–Crippen LogP) is 2.82. The van der Waals surface area contributed by atoms with Gasteiger partial charge in [0.1, 0.15) is 5.75 Å². The van der Waals surface area contributed by atoms with E-state index in [9.17, 15) is 8.42 Å². The van der Waals surface area contributed by atoms with Gasteiger partial charge in [-0.05, 0) is 43.2 Å². The molecule has 1 fully saturated rings. The zero-order chi connectivity index (χ0) is 18.7. The third kappa shape index (κ3) is 4.09. The van der Waals surface area contributed by atoms with Gasteiger partial charge in [-0.2, -0.15) is 4.31 Å². The summed E-state index contributed by atoms with van der Waals surface area (Å²) in [5.74, 6) is 0.845. The Hall–Kier alpha value is -1.89. The fraction of sp³-hybridized carbons (Fsp3) is 0.400. The standard InChI is InChI=1S/C20H26N2O3S/c1-16-4-9-20(17(2)14-16)26(23,24)22-12-10-21(11-13-22)15-18-5-7-19(25-3)8-6-18/h4-9,14H,10-13,15H2,1-3H3. The molecule has 1 saturated heterocycles. The summed E-state index contributed by atoms with van der Waals surface area (Å²) in [4.78, 5) is 2.71. The van der Waals surface area contributed by atoms with E-state index in [2.05, 4.69) is 17.0 Å². The van der Waals surface area contributed by atoms with Crippen molar-refractivity contribution in [2.45, 2.75) is 25.3 Å². The van der Waals surface area contributed by atoms with E-state index in [4.69, 9.17) is 4.74 Å². The van der Waals surface area contributed by atoms with Crippen LogP contribution in [-0.4, -0.2) is 50.9 Å². The number of ether oxygens (including phenoxy) is 1. The lowest BCUT2D eigenvalue weighted by Crippen LogP contribution is -2.48. The summed E-state index contributed by atoms with van der Waals surface area (Å²) in [5.41, 5.74) is 3.09. The molecular formula is C20H26N2O3S. The molecule has 1 aliphatic heterocycles. The van der Waals surface area contributed by atoms with Crippen molar-refractivity contribution >= 4 is 10.0 Å². The molecule has 26 heavy (non-hydrogen) atoms. The zero-order valence-electron chi connectivity index (χ0n) is 15.6. The Bertz CT molecular complexity index is 855. The molecule has 1 aliphatic rings. The fourth-order valence-electron chi connectivity index (χ4n) is 3.34. The SMILES string of the molecule is COc1ccc(CN2CCN(S(=O)(=O)c3ccc(C)cc3C)CC2)cc1. The second-order valence-electron chi connectivity index (χ2n) is 6.80. The maximum atomic E-state index is 12.9. The topological polar surface area (TPSA) is 49.9 Å². The summed E-state index contributed by atoms with van der Waals surface area (Å²) in [6, 6.07) is 13.5. The van der Waals surface area contributed by atoms with Crippen LogP contribution in [0.4, 0.5) is 0 Å². The molecule has 140 valence electrons. The fourth-order valence-corrected chi connectivity index (χ4v) is 4.97. The highest BCUT2D eigenvalue weighted by Crippen LogP contribution is 2.22. The number of benzene rings is 2. The molecule has 0 bridgehead atoms. The first kappa shape index (κ1) is 18.9. The van der Waals surface area contributed by atoms with Gasteiger partial charge in [-0.1, -0.05) is 29.8 Å². The number of methoxy groups -OCH3 is 1. The zero-order valence-corrected chi connectivity index (χ0v) is 16.4. The third-order valence-corrected chi connectivity index (χ3v) is 6.90. The van der Waals surface area contributed by atoms with Gasteiger partial charge in [-0.15, -0.1) is 0 Å². The summed E-state index contributed by atoms with van der Waals surface area (Å²) in [7, 11) is -1.77. The summed E-state index contributed by atoms with van der Waals surface area (Å²) >= 11 is 0. The number of nitrogens with zero attached hydrogens (tertiary/aromatic N) is 2. The first-order valence-electron chi connectivity index (χ1n) is 8.83. The minimum Gasteiger partial charge on any atom is -0.497 e. The van der Waals surface area contributed by atoms with E-state index < -0.39 is 10.0 Å². The molecule has 2 aromatic carbocycles. The van der Waals surface area contributed by atoms with E-state index in [-0.39, 0.29) is 0 Å². The molecule has 0 aromatic heterocycles. The van der Waals surface area contributed by atoms with Crippen LogP contribution in [0.2, 0.25) is 0 Å². The van der Waals surface area contributed by atoms with E-state index in [1.165, 1.54) is 5.56 Å². The van der Waals surface area contributed by atoms with Crippen molar-refractivity contribution in [2.24, 2.45) is 0 Å². The van der Waals surface area contributed by atoms with E-state index in [0.717, 1.165) is 36.5 Å². The first-order valence-corrected chi connectivity index (χ1v) is 10.3. The molecule has 6 heteroatoms. The Morgan fingerprint density at radius 2 is 1.62 bits per heavy atom. The number of rotatable bonds is 5. The Kier molecular flexibility index (Phi) is 5.65. The average molecular weight is 375 g/mol. The Labute approximate surface area is 156 Å². The van der Waals surface area contributed by atoms with E-state index in [0.29, 0.717) is 18.0 Å². The average Bonchev–Trinajstić information content (AvgIpc) is 2.62. The van der Waals surface area contributed by atoms with Crippen LogP contribution in [0.15, 0.2) is 47.4 Å². The maximum absolute atomic E-state index is 12.9. The lowest BCUT2D eigenvalue weighted by Gasteiger charge is -2.34. The molecule has 0 atom stereocenters. The summed E-state index contributed by atoms with van der Waals surface area (Å²) in [6.45, 7) is 7.16. The summed E-state index contributed by atoms with van der Waals surface area (Å²) in [6.07, 6.45) is 0. The van der Waals surface area contributed by atoms with Gasteiger partial charge in [0, 0.05) is 32.7 Å². The Morgan fingerprint density at radius 1 is 0.962 bits per heavy atom. The molecule has 0 spiro atoms. The summed E-state index contributed by atoms with van der Waals surface area (Å²) < 4.78 is 32.7. The lowest BCUT2D eigenvalue weighted by atomic mass is 10.2. The molecule has 0 amide bonds. The highest BCUT2D eigenvalue weighted by Gasteiger charge is 2.29. The van der Waals surface area contributed by atoms with E-state index >= 15 is 0 Å². The van der Waals surface area contributed by atoms with Gasteiger partial charge in [-0.3, -0.25) is 4.90 Å². The van der Waals surface area contributed by atoms with E-state index in [1.807, 2.05) is 38.1 Å². The van der Waals surface area contributed by atoms with Crippen molar-refractivity contribution in [2.75, 3.05) is 33.3 Å². The monoisotopic (exact) mass is 374 g/mol. The van der Waals surface area contributed by atoms with Gasteiger partial charge in [0.25, 0.3) is 0 Å². The first-order chi connectivity index (χ1) is 12.4. The van der Waals surface area contributed by atoms with Crippen molar-refractivity contribution in [1.82, 2.24) is 9.21 Å². The van der Waals surface area contributed by atoms with Crippen molar-refractivity contribution in [1.29, 1.82) is 0 Å². The van der Waals surface area contributed by atoms with Crippen LogP contribution >= 0.6 is 0 Å². The molecule has 1 heterocycles. The molecule has 0 N–H and O–H groups in total. The molecule has 2 aromatic rings. The number of aryl methyl sites for hydroxylation is 2. The van der Waals surface area contributed by atoms with E-state index in [1.54, 1.807) is 17.5 Å². The largest absolute Gasteiger partial charge is 0.497 e. The lowest BCUT2D eigenvalue weighted by molar-refractivity contribution is 0.181. The van der Waals surface area contributed by atoms with Crippen molar-refractivity contribution in [3.05, 3.63) is 59.2 Å². The van der Waals surface area contributed by atoms with Crippen LogP contribution in [0, 0.1) is 13.8 Å². The molecule has 5 nitrogen and oxygen atoms in total. The third-order valence-electron chi connectivity index (χ3n) is 4.84. The molecular weight excluding hydrogens is 348 g/mol. The number of sulfonamides is 1. The van der Waals surface area contributed by atoms with Crippen LogP contribution in [0.3, 0.4) is 0 Å². The van der Waals surface area contributed by atoms with Gasteiger partial charge < -0.3 is 4.74 Å². The van der Waals surface area contributed by atoms with Gasteiger partial charge in [0.05, 0.1) is 12.0 Å². The Morgan fingerprint density at radius 3 is 2.19 bits per heavy atom. The van der Waals surface area contributed by atoms with Crippen molar-refractivity contribution in [3.63, 3.8) is 0 Å². The second-order valence-corrected chi connectivity index (χ2v) is 8.70. The normalized spacial score (nSPS) is 16.6. The van der Waals surface area contributed by atoms with Crippen molar-refractivity contribution < 1.29 is 13.2 Å². The maximum Gasteiger partial charge on any atom is 0.243 e. The molecule has 0 aliphatic carbocycles. The molecule has 3 rings (SSSR count). The van der Waals surface area contributed by atoms with Crippen LogP contribution in [0.25, 0.3) is 0 Å². The van der Waals surface area contributed by atoms with Crippen molar-refractivity contribution in [3.8, 4) is 5.75 Å². The molecule has 0 saturated carbocycles. The van der Waals surface area contributed by atoms with Crippen LogP contribution in [0.1, 0.15) is 16.7 Å². The van der Waals surface area contributed by atoms with Crippen LogP contribution < -0.4 is 4.74 Å². The molecule has 0 unspecified atom stereocenters. The number of piperazine rings is 1. The number of hydrogen-bond donors (Lipinski definition) is 0. The van der Waals surface area contributed by atoms with Gasteiger partial charge in [0.2, 0.25) is 10.0 Å². The number of hydrogen-bond acceptors (Lipinski definition) is 4. The highest BCUT2D eigenvalue weighted by molar-refractivity contribution is 7.89. The van der Waals surface area contributed by atoms with Crippen LogP contribution in [0.5, 0.6) is 5.75 Å². The van der Waals surface area contributed by atoms with Gasteiger partial charge >= 0.3 is 0 Å². The van der Waals surface area contributed by atoms with Gasteiger partial charge in [0.15, 0.2) is 0 Å². The minimum absolute atomic E-state index is 0.423. The minimum atomic E-state index is -3.42. The Balaban J connectivity index is 1.63. The second kappa shape index (κ2) is 7.78. The highest BCUT2D eigenvalue weighted by atomic mass is 32.2. The quantitative estimate of drug-likeness (QED) is 0.808. The van der Waals surface area contributed by atoms with Crippen LogP contribution in [-0.2, 0) is 16.6 Å². The predicted molar refractivity (Wildman–Crippen MR) is 103 cm³/mol. The smallest absolute Gasteiger partial charge is 0.243 e. The summed E-state index contributed by atoms with van der Waals surface area (Å²) in [5, 5.41) is 0.